The van der Waals surface area contributed by atoms with E-state index in [1.54, 1.807) is 56.0 Å². The van der Waals surface area contributed by atoms with Crippen molar-refractivity contribution in [2.75, 3.05) is 21.3 Å². The number of ether oxygens (including phenoxy) is 3. The Bertz CT molecular complexity index is 1490. The Morgan fingerprint density at radius 2 is 1.77 bits per heavy atom. The zero-order chi connectivity index (χ0) is 24.9. The van der Waals surface area contributed by atoms with Crippen molar-refractivity contribution in [2.45, 2.75) is 19.6 Å². The number of benzene rings is 2. The topological polar surface area (TPSA) is 101 Å². The largest absolute Gasteiger partial charge is 0.497 e. The van der Waals surface area contributed by atoms with Gasteiger partial charge in [-0.3, -0.25) is 18.7 Å². The van der Waals surface area contributed by atoms with Crippen LogP contribution in [0, 0.1) is 0 Å². The van der Waals surface area contributed by atoms with Crippen molar-refractivity contribution < 1.29 is 19.0 Å². The van der Waals surface area contributed by atoms with Crippen LogP contribution in [-0.2, 0) is 24.4 Å². The van der Waals surface area contributed by atoms with Gasteiger partial charge in [0.2, 0.25) is 5.91 Å². The van der Waals surface area contributed by atoms with E-state index >= 15 is 0 Å². The van der Waals surface area contributed by atoms with Gasteiger partial charge in [-0.1, -0.05) is 24.3 Å². The number of para-hydroxylation sites is 1. The van der Waals surface area contributed by atoms with Crippen LogP contribution in [0.5, 0.6) is 17.2 Å². The molecule has 2 aromatic heterocycles. The molecule has 0 aliphatic carbocycles. The molecule has 1 N–H and O–H groups in total. The van der Waals surface area contributed by atoms with Gasteiger partial charge in [-0.05, 0) is 35.2 Å². The van der Waals surface area contributed by atoms with Crippen molar-refractivity contribution in [1.29, 1.82) is 0 Å². The summed E-state index contributed by atoms with van der Waals surface area (Å²) in [4.78, 5) is 39.2. The Kier molecular flexibility index (Phi) is 7.21. The van der Waals surface area contributed by atoms with Gasteiger partial charge in [0.05, 0.1) is 33.4 Å². The highest BCUT2D eigenvalue weighted by Crippen LogP contribution is 2.30. The van der Waals surface area contributed by atoms with Gasteiger partial charge in [0, 0.05) is 12.1 Å². The molecule has 4 aromatic rings. The molecule has 0 saturated heterocycles. The van der Waals surface area contributed by atoms with E-state index in [0.29, 0.717) is 27.5 Å². The number of aromatic nitrogens is 2. The molecule has 35 heavy (non-hydrogen) atoms. The number of hydrogen-bond donors (Lipinski definition) is 1. The summed E-state index contributed by atoms with van der Waals surface area (Å²) in [6.45, 7) is 0.00621. The number of carbonyl (C=O) groups excluding carboxylic acids is 1. The molecule has 4 rings (SSSR count). The van der Waals surface area contributed by atoms with Crippen LogP contribution in [0.25, 0.3) is 10.2 Å². The molecule has 10 heteroatoms. The highest BCUT2D eigenvalue weighted by atomic mass is 32.1. The fourth-order valence-corrected chi connectivity index (χ4v) is 4.71. The molecule has 0 spiro atoms. The maximum Gasteiger partial charge on any atom is 0.332 e. The first-order valence-electron chi connectivity index (χ1n) is 10.8. The Balaban J connectivity index is 1.62. The molecule has 0 bridgehead atoms. The smallest absolute Gasteiger partial charge is 0.332 e. The highest BCUT2D eigenvalue weighted by molar-refractivity contribution is 7.17. The lowest BCUT2D eigenvalue weighted by Gasteiger charge is -2.15. The molecular formula is C25H25N3O6S. The first kappa shape index (κ1) is 24.1. The normalized spacial score (nSPS) is 10.8. The molecule has 0 saturated carbocycles. The molecular weight excluding hydrogens is 470 g/mol. The molecule has 9 nitrogen and oxygen atoms in total. The van der Waals surface area contributed by atoms with Gasteiger partial charge in [-0.2, -0.15) is 0 Å². The zero-order valence-electron chi connectivity index (χ0n) is 19.6. The number of hydrogen-bond acceptors (Lipinski definition) is 7. The Hall–Kier alpha value is -4.05. The predicted octanol–water partition coefficient (Wildman–Crippen LogP) is 2.62. The summed E-state index contributed by atoms with van der Waals surface area (Å²) in [5, 5.41) is 4.55. The lowest BCUT2D eigenvalue weighted by Crippen LogP contribution is -2.42. The van der Waals surface area contributed by atoms with E-state index in [0.717, 1.165) is 15.7 Å². The number of nitrogens with one attached hydrogen (secondary N) is 1. The lowest BCUT2D eigenvalue weighted by molar-refractivity contribution is -0.121. The summed E-state index contributed by atoms with van der Waals surface area (Å²) in [5.74, 6) is 1.33. The minimum absolute atomic E-state index is 0.0608. The van der Waals surface area contributed by atoms with Crippen LogP contribution >= 0.6 is 11.3 Å². The van der Waals surface area contributed by atoms with Crippen LogP contribution in [-0.4, -0.2) is 36.4 Å². The molecule has 0 atom stereocenters. The fraction of sp³-hybridized carbons (Fsp3) is 0.240. The molecule has 0 unspecified atom stereocenters. The Morgan fingerprint density at radius 1 is 0.971 bits per heavy atom. The van der Waals surface area contributed by atoms with E-state index in [2.05, 4.69) is 5.32 Å². The van der Waals surface area contributed by atoms with E-state index in [1.165, 1.54) is 23.0 Å². The van der Waals surface area contributed by atoms with E-state index in [4.69, 9.17) is 14.2 Å². The third kappa shape index (κ3) is 4.92. The second-order valence-corrected chi connectivity index (χ2v) is 8.59. The molecule has 1 amide bonds. The fourth-order valence-electron chi connectivity index (χ4n) is 3.87. The van der Waals surface area contributed by atoms with Crippen molar-refractivity contribution in [2.24, 2.45) is 0 Å². The van der Waals surface area contributed by atoms with Gasteiger partial charge in [0.1, 0.15) is 17.0 Å². The molecule has 0 radical (unpaired) electrons. The van der Waals surface area contributed by atoms with Gasteiger partial charge >= 0.3 is 5.69 Å². The summed E-state index contributed by atoms with van der Waals surface area (Å²) >= 11 is 1.24. The van der Waals surface area contributed by atoms with Gasteiger partial charge in [0.25, 0.3) is 5.56 Å². The lowest BCUT2D eigenvalue weighted by atomic mass is 10.2. The van der Waals surface area contributed by atoms with Crippen molar-refractivity contribution in [3.8, 4) is 17.2 Å². The number of methoxy groups -OCH3 is 3. The maximum absolute atomic E-state index is 13.3. The first-order valence-corrected chi connectivity index (χ1v) is 11.6. The van der Waals surface area contributed by atoms with Crippen LogP contribution in [0.2, 0.25) is 0 Å². The van der Waals surface area contributed by atoms with Crippen LogP contribution in [0.15, 0.2) is 63.5 Å². The van der Waals surface area contributed by atoms with E-state index in [1.807, 2.05) is 12.1 Å². The van der Waals surface area contributed by atoms with Gasteiger partial charge < -0.3 is 19.5 Å². The Labute approximate surface area is 205 Å². The summed E-state index contributed by atoms with van der Waals surface area (Å²) < 4.78 is 18.8. The van der Waals surface area contributed by atoms with E-state index in [-0.39, 0.29) is 31.1 Å². The van der Waals surface area contributed by atoms with Gasteiger partial charge in [-0.25, -0.2) is 4.79 Å². The zero-order valence-corrected chi connectivity index (χ0v) is 20.4. The van der Waals surface area contributed by atoms with Crippen molar-refractivity contribution in [3.63, 3.8) is 0 Å². The number of fused-ring (bicyclic) bond motifs is 1. The average molecular weight is 496 g/mol. The average Bonchev–Trinajstić information content (AvgIpc) is 3.37. The number of rotatable bonds is 9. The minimum Gasteiger partial charge on any atom is -0.497 e. The standard InChI is InChI=1S/C25H25N3O6S/c1-32-18-8-4-6-16(12-18)14-28-24(30)23-19(10-11-35-23)27(25(28)31)15-21(29)26-13-17-7-5-9-20(33-2)22(17)34-3/h4-12H,13-15H2,1-3H3,(H,26,29). The quantitative estimate of drug-likeness (QED) is 0.383. The summed E-state index contributed by atoms with van der Waals surface area (Å²) in [6.07, 6.45) is 0. The molecule has 182 valence electrons. The third-order valence-electron chi connectivity index (χ3n) is 5.57. The second-order valence-electron chi connectivity index (χ2n) is 7.68. The molecule has 0 aliphatic heterocycles. The van der Waals surface area contributed by atoms with Crippen molar-refractivity contribution in [1.82, 2.24) is 14.5 Å². The van der Waals surface area contributed by atoms with Crippen LogP contribution < -0.4 is 30.8 Å². The molecule has 2 aromatic carbocycles. The summed E-state index contributed by atoms with van der Waals surface area (Å²) in [6, 6.07) is 14.2. The van der Waals surface area contributed by atoms with E-state index < -0.39 is 5.69 Å². The maximum atomic E-state index is 13.3. The highest BCUT2D eigenvalue weighted by Gasteiger charge is 2.17. The van der Waals surface area contributed by atoms with Gasteiger partial charge in [0.15, 0.2) is 11.5 Å². The van der Waals surface area contributed by atoms with Crippen LogP contribution in [0.4, 0.5) is 0 Å². The first-order chi connectivity index (χ1) is 17.0. The minimum atomic E-state index is -0.558. The molecule has 0 fully saturated rings. The SMILES string of the molecule is COc1cccc(Cn2c(=O)c3sccc3n(CC(=O)NCc3cccc(OC)c3OC)c2=O)c1. The van der Waals surface area contributed by atoms with Gasteiger partial charge in [-0.15, -0.1) is 11.3 Å². The monoisotopic (exact) mass is 495 g/mol. The number of thiophene rings is 1. The number of carbonyl (C=O) groups is 1. The molecule has 2 heterocycles. The number of nitrogens with zero attached hydrogens (tertiary/aromatic N) is 2. The number of amides is 1. The second kappa shape index (κ2) is 10.5. The third-order valence-corrected chi connectivity index (χ3v) is 6.47. The summed E-state index contributed by atoms with van der Waals surface area (Å²) in [7, 11) is 4.62. The van der Waals surface area contributed by atoms with E-state index in [9.17, 15) is 14.4 Å². The molecule has 0 aliphatic rings. The Morgan fingerprint density at radius 3 is 2.51 bits per heavy atom. The predicted molar refractivity (Wildman–Crippen MR) is 134 cm³/mol. The van der Waals surface area contributed by atoms with Crippen LogP contribution in [0.3, 0.4) is 0 Å². The van der Waals surface area contributed by atoms with Crippen LogP contribution in [0.1, 0.15) is 11.1 Å². The van der Waals surface area contributed by atoms with Crippen molar-refractivity contribution in [3.05, 3.63) is 85.9 Å². The summed E-state index contributed by atoms with van der Waals surface area (Å²) in [5.41, 5.74) is 0.955. The van der Waals surface area contributed by atoms with Crippen molar-refractivity contribution >= 4 is 27.5 Å².